The van der Waals surface area contributed by atoms with Crippen LogP contribution in [-0.2, 0) is 13.2 Å². The van der Waals surface area contributed by atoms with Gasteiger partial charge in [-0.2, -0.15) is 0 Å². The number of ether oxygens (including phenoxy) is 1. The largest absolute Gasteiger partial charge is 0.486 e. The summed E-state index contributed by atoms with van der Waals surface area (Å²) in [6.07, 6.45) is 3.39. The second-order valence-electron chi connectivity index (χ2n) is 5.27. The number of hydrogen-bond donors (Lipinski definition) is 2. The van der Waals surface area contributed by atoms with Gasteiger partial charge in [-0.15, -0.1) is 10.2 Å². The molecular formula is C17H17N5O2S. The first kappa shape index (κ1) is 16.8. The fourth-order valence-corrected chi connectivity index (χ4v) is 2.62. The summed E-state index contributed by atoms with van der Waals surface area (Å²) in [6.45, 7) is 2.72. The van der Waals surface area contributed by atoms with Crippen molar-refractivity contribution in [2.75, 3.05) is 5.32 Å². The zero-order valence-corrected chi connectivity index (χ0v) is 14.4. The molecule has 0 fully saturated rings. The summed E-state index contributed by atoms with van der Waals surface area (Å²) >= 11 is 1.27. The highest BCUT2D eigenvalue weighted by Gasteiger charge is 2.08. The van der Waals surface area contributed by atoms with Gasteiger partial charge in [-0.3, -0.25) is 10.3 Å². The van der Waals surface area contributed by atoms with E-state index < -0.39 is 0 Å². The van der Waals surface area contributed by atoms with Gasteiger partial charge in [0.05, 0.1) is 0 Å². The van der Waals surface area contributed by atoms with Gasteiger partial charge in [-0.1, -0.05) is 35.1 Å². The quantitative estimate of drug-likeness (QED) is 0.709. The van der Waals surface area contributed by atoms with Gasteiger partial charge in [0.15, 0.2) is 5.01 Å². The number of aromatic nitrogens is 3. The number of urea groups is 1. The van der Waals surface area contributed by atoms with Crippen molar-refractivity contribution >= 4 is 22.5 Å². The lowest BCUT2D eigenvalue weighted by Gasteiger charge is -2.04. The maximum Gasteiger partial charge on any atom is 0.321 e. The van der Waals surface area contributed by atoms with E-state index in [1.807, 2.05) is 43.3 Å². The summed E-state index contributed by atoms with van der Waals surface area (Å²) in [4.78, 5) is 15.9. The molecule has 0 aliphatic heterocycles. The highest BCUT2D eigenvalue weighted by Crippen LogP contribution is 2.18. The van der Waals surface area contributed by atoms with Crippen molar-refractivity contribution in [2.45, 2.75) is 20.1 Å². The topological polar surface area (TPSA) is 89.0 Å². The highest BCUT2D eigenvalue weighted by atomic mass is 32.1. The maximum absolute atomic E-state index is 11.9. The molecule has 0 aliphatic carbocycles. The summed E-state index contributed by atoms with van der Waals surface area (Å²) in [5.74, 6) is 0.768. The summed E-state index contributed by atoms with van der Waals surface area (Å²) < 4.78 is 5.64. The van der Waals surface area contributed by atoms with Gasteiger partial charge in [0.2, 0.25) is 5.13 Å². The molecule has 8 heteroatoms. The van der Waals surface area contributed by atoms with E-state index in [9.17, 15) is 4.79 Å². The summed E-state index contributed by atoms with van der Waals surface area (Å²) in [5.41, 5.74) is 2.09. The maximum atomic E-state index is 11.9. The fourth-order valence-electron chi connectivity index (χ4n) is 1.97. The minimum absolute atomic E-state index is 0.305. The first-order valence-corrected chi connectivity index (χ1v) is 8.46. The van der Waals surface area contributed by atoms with Crippen LogP contribution >= 0.6 is 11.3 Å². The van der Waals surface area contributed by atoms with E-state index in [1.165, 1.54) is 16.9 Å². The lowest BCUT2D eigenvalue weighted by atomic mass is 10.2. The molecule has 3 rings (SSSR count). The number of anilines is 1. The van der Waals surface area contributed by atoms with Crippen LogP contribution in [0.1, 0.15) is 16.1 Å². The Morgan fingerprint density at radius 3 is 2.80 bits per heavy atom. The van der Waals surface area contributed by atoms with Crippen LogP contribution in [0.4, 0.5) is 9.93 Å². The summed E-state index contributed by atoms with van der Waals surface area (Å²) in [5, 5.41) is 14.5. The number of nitrogens with one attached hydrogen (secondary N) is 2. The van der Waals surface area contributed by atoms with Crippen molar-refractivity contribution in [2.24, 2.45) is 0 Å². The second kappa shape index (κ2) is 8.20. The zero-order valence-electron chi connectivity index (χ0n) is 13.6. The normalized spacial score (nSPS) is 10.3. The van der Waals surface area contributed by atoms with Gasteiger partial charge in [-0.05, 0) is 30.7 Å². The molecule has 0 atom stereocenters. The molecule has 7 nitrogen and oxygen atoms in total. The van der Waals surface area contributed by atoms with E-state index in [1.54, 1.807) is 12.4 Å². The highest BCUT2D eigenvalue weighted by molar-refractivity contribution is 7.15. The van der Waals surface area contributed by atoms with Gasteiger partial charge >= 0.3 is 6.03 Å². The molecule has 0 saturated carbocycles. The smallest absolute Gasteiger partial charge is 0.321 e. The van der Waals surface area contributed by atoms with Crippen molar-refractivity contribution in [3.8, 4) is 5.75 Å². The van der Waals surface area contributed by atoms with E-state index in [2.05, 4.69) is 25.8 Å². The molecule has 1 aromatic carbocycles. The summed E-state index contributed by atoms with van der Waals surface area (Å²) in [6, 6.07) is 11.1. The number of carbonyl (C=O) groups is 1. The van der Waals surface area contributed by atoms with Crippen LogP contribution in [0.2, 0.25) is 0 Å². The average molecular weight is 355 g/mol. The van der Waals surface area contributed by atoms with E-state index >= 15 is 0 Å². The van der Waals surface area contributed by atoms with Crippen molar-refractivity contribution in [3.63, 3.8) is 0 Å². The van der Waals surface area contributed by atoms with Crippen molar-refractivity contribution < 1.29 is 9.53 Å². The third kappa shape index (κ3) is 5.25. The Bertz CT molecular complexity index is 821. The standard InChI is InChI=1S/C17H17N5O2S/c1-12-4-6-14(7-5-12)24-11-15-21-22-17(25-15)20-16(23)19-10-13-3-2-8-18-9-13/h2-9H,10-11H2,1H3,(H2,19,20,22,23). The molecular weight excluding hydrogens is 338 g/mol. The lowest BCUT2D eigenvalue weighted by Crippen LogP contribution is -2.28. The van der Waals surface area contributed by atoms with Gasteiger partial charge in [0.25, 0.3) is 0 Å². The molecule has 0 saturated heterocycles. The number of benzene rings is 1. The molecule has 0 unspecified atom stereocenters. The molecule has 2 heterocycles. The molecule has 25 heavy (non-hydrogen) atoms. The van der Waals surface area contributed by atoms with Crippen LogP contribution in [0.15, 0.2) is 48.8 Å². The zero-order chi connectivity index (χ0) is 17.5. The SMILES string of the molecule is Cc1ccc(OCc2nnc(NC(=O)NCc3cccnc3)s2)cc1. The Labute approximate surface area is 149 Å². The fraction of sp³-hybridized carbons (Fsp3) is 0.176. The molecule has 0 radical (unpaired) electrons. The monoisotopic (exact) mass is 355 g/mol. The van der Waals surface area contributed by atoms with Crippen molar-refractivity contribution in [3.05, 3.63) is 64.9 Å². The molecule has 0 spiro atoms. The first-order valence-electron chi connectivity index (χ1n) is 7.64. The minimum Gasteiger partial charge on any atom is -0.486 e. The van der Waals surface area contributed by atoms with E-state index in [0.717, 1.165) is 11.3 Å². The van der Waals surface area contributed by atoms with E-state index in [0.29, 0.717) is 23.3 Å². The minimum atomic E-state index is -0.342. The number of amides is 2. The van der Waals surface area contributed by atoms with E-state index in [4.69, 9.17) is 4.74 Å². The lowest BCUT2D eigenvalue weighted by molar-refractivity contribution is 0.251. The Morgan fingerprint density at radius 1 is 1.20 bits per heavy atom. The molecule has 0 bridgehead atoms. The number of carbonyl (C=O) groups excluding carboxylic acids is 1. The molecule has 128 valence electrons. The Balaban J connectivity index is 1.46. The number of rotatable bonds is 6. The average Bonchev–Trinajstić information content (AvgIpc) is 3.08. The second-order valence-corrected chi connectivity index (χ2v) is 6.33. The van der Waals surface area contributed by atoms with Gasteiger partial charge in [0.1, 0.15) is 12.4 Å². The van der Waals surface area contributed by atoms with E-state index in [-0.39, 0.29) is 6.03 Å². The van der Waals surface area contributed by atoms with Crippen LogP contribution < -0.4 is 15.4 Å². The van der Waals surface area contributed by atoms with Crippen LogP contribution in [0.3, 0.4) is 0 Å². The van der Waals surface area contributed by atoms with Crippen LogP contribution in [0.5, 0.6) is 5.75 Å². The van der Waals surface area contributed by atoms with Crippen molar-refractivity contribution in [1.82, 2.24) is 20.5 Å². The van der Waals surface area contributed by atoms with Crippen LogP contribution in [-0.4, -0.2) is 21.2 Å². The first-order chi connectivity index (χ1) is 12.2. The Morgan fingerprint density at radius 2 is 2.04 bits per heavy atom. The molecule has 2 aromatic heterocycles. The number of hydrogen-bond acceptors (Lipinski definition) is 6. The predicted octanol–water partition coefficient (Wildman–Crippen LogP) is 3.14. The third-order valence-corrected chi connectivity index (χ3v) is 4.06. The molecule has 2 amide bonds. The molecule has 2 N–H and O–H groups in total. The molecule has 0 aliphatic rings. The number of pyridine rings is 1. The number of aryl methyl sites for hydroxylation is 1. The van der Waals surface area contributed by atoms with Gasteiger partial charge < -0.3 is 10.1 Å². The predicted molar refractivity (Wildman–Crippen MR) is 95.5 cm³/mol. The van der Waals surface area contributed by atoms with Gasteiger partial charge in [-0.25, -0.2) is 4.79 Å². The van der Waals surface area contributed by atoms with Crippen molar-refractivity contribution in [1.29, 1.82) is 0 Å². The summed E-state index contributed by atoms with van der Waals surface area (Å²) in [7, 11) is 0. The third-order valence-electron chi connectivity index (χ3n) is 3.25. The van der Waals surface area contributed by atoms with Gasteiger partial charge in [0, 0.05) is 18.9 Å². The van der Waals surface area contributed by atoms with Crippen LogP contribution in [0, 0.1) is 6.92 Å². The van der Waals surface area contributed by atoms with Crippen LogP contribution in [0.25, 0.3) is 0 Å². The Hall–Kier alpha value is -3.00. The Kier molecular flexibility index (Phi) is 5.53. The molecule has 3 aromatic rings. The number of nitrogens with zero attached hydrogens (tertiary/aromatic N) is 3.